The molecule has 6 nitrogen and oxygen atoms in total. The highest BCUT2D eigenvalue weighted by molar-refractivity contribution is 7.18. The van der Waals surface area contributed by atoms with Gasteiger partial charge in [-0.15, -0.1) is 16.9 Å². The Bertz CT molecular complexity index is 1220. The molecule has 27 heavy (non-hydrogen) atoms. The molecule has 1 aliphatic rings. The lowest BCUT2D eigenvalue weighted by Gasteiger charge is -2.10. The number of fused-ring (bicyclic) bond motifs is 3. The lowest BCUT2D eigenvalue weighted by molar-refractivity contribution is -0.713. The maximum atomic E-state index is 13.4. The van der Waals surface area contributed by atoms with Gasteiger partial charge in [0.25, 0.3) is 0 Å². The predicted molar refractivity (Wildman–Crippen MR) is 107 cm³/mol. The number of anilines is 2. The number of rotatable bonds is 3. The quantitative estimate of drug-likeness (QED) is 0.399. The van der Waals surface area contributed by atoms with Crippen molar-refractivity contribution in [1.29, 1.82) is 0 Å². The number of nitrogens with one attached hydrogen (secondary N) is 3. The van der Waals surface area contributed by atoms with E-state index >= 15 is 0 Å². The number of aromatic nitrogens is 1. The molecule has 5 rings (SSSR count). The first-order valence-electron chi connectivity index (χ1n) is 8.13. The van der Waals surface area contributed by atoms with Crippen molar-refractivity contribution in [3.8, 4) is 0 Å². The van der Waals surface area contributed by atoms with Gasteiger partial charge in [0.2, 0.25) is 5.84 Å². The molecule has 0 spiro atoms. The van der Waals surface area contributed by atoms with E-state index in [1.165, 1.54) is 6.07 Å². The Labute approximate surface area is 162 Å². The van der Waals surface area contributed by atoms with Crippen LogP contribution in [0.1, 0.15) is 5.56 Å². The van der Waals surface area contributed by atoms with E-state index < -0.39 is 5.82 Å². The first-order valence-corrected chi connectivity index (χ1v) is 9.39. The zero-order valence-corrected chi connectivity index (χ0v) is 15.3. The van der Waals surface area contributed by atoms with E-state index in [0.29, 0.717) is 11.5 Å². The van der Waals surface area contributed by atoms with E-state index in [-0.39, 0.29) is 5.02 Å². The Kier molecular flexibility index (Phi) is 3.91. The standard InChI is InChI=1S/C18H12ClFN6S/c19-13-8-10(2-4-14(13)20)21-18-12-5-6-27-16(12)11-3-1-9(7-15(11)22-18)17-23-25-26-24-17/h1-8,25-26H,(H,21,22)(H,23,24)/p+1. The van der Waals surface area contributed by atoms with Crippen LogP contribution in [0.5, 0.6) is 0 Å². The topological polar surface area (TPSA) is 78.0 Å². The van der Waals surface area contributed by atoms with Gasteiger partial charge in [-0.2, -0.15) is 0 Å². The summed E-state index contributed by atoms with van der Waals surface area (Å²) in [5.41, 5.74) is 9.89. The first kappa shape index (κ1) is 16.4. The van der Waals surface area contributed by atoms with Gasteiger partial charge in [0.15, 0.2) is 0 Å². The van der Waals surface area contributed by atoms with E-state index in [0.717, 1.165) is 32.4 Å². The van der Waals surface area contributed by atoms with Crippen molar-refractivity contribution in [3.05, 3.63) is 64.2 Å². The highest BCUT2D eigenvalue weighted by Gasteiger charge is 2.15. The Hall–Kier alpha value is -2.78. The fraction of sp³-hybridized carbons (Fsp3) is 0. The van der Waals surface area contributed by atoms with Crippen LogP contribution < -0.4 is 21.8 Å². The van der Waals surface area contributed by atoms with Crippen molar-refractivity contribution in [2.24, 2.45) is 5.10 Å². The van der Waals surface area contributed by atoms with Gasteiger partial charge < -0.3 is 5.32 Å². The molecule has 4 aromatic rings. The average molecular weight is 400 g/mol. The van der Waals surface area contributed by atoms with E-state index in [4.69, 9.17) is 16.6 Å². The lowest BCUT2D eigenvalue weighted by Crippen LogP contribution is -2.87. The predicted octanol–water partition coefficient (Wildman–Crippen LogP) is 3.23. The van der Waals surface area contributed by atoms with Gasteiger partial charge in [-0.1, -0.05) is 29.3 Å². The number of nitrogens with two attached hydrogens (primary N) is 1. The Balaban J connectivity index is 1.65. The summed E-state index contributed by atoms with van der Waals surface area (Å²) in [5.74, 6) is 0.989. The second-order valence-corrected chi connectivity index (χ2v) is 7.31. The molecular formula is C18H13ClFN6S+. The molecule has 2 aromatic heterocycles. The van der Waals surface area contributed by atoms with Crippen molar-refractivity contribution < 1.29 is 9.93 Å². The van der Waals surface area contributed by atoms with E-state index in [2.05, 4.69) is 27.4 Å². The number of hydrazine groups is 1. The molecule has 0 bridgehead atoms. The summed E-state index contributed by atoms with van der Waals surface area (Å²) in [7, 11) is 0. The van der Waals surface area contributed by atoms with Crippen LogP contribution >= 0.6 is 22.9 Å². The molecule has 2 aromatic carbocycles. The monoisotopic (exact) mass is 399 g/mol. The summed E-state index contributed by atoms with van der Waals surface area (Å²) in [6.45, 7) is 0. The summed E-state index contributed by atoms with van der Waals surface area (Å²) >= 11 is 7.56. The zero-order valence-electron chi connectivity index (χ0n) is 13.8. The first-order chi connectivity index (χ1) is 13.2. The number of hydrogen-bond acceptors (Lipinski definition) is 6. The van der Waals surface area contributed by atoms with Gasteiger partial charge in [0.1, 0.15) is 11.6 Å². The molecule has 0 aliphatic carbocycles. The summed E-state index contributed by atoms with van der Waals surface area (Å²) in [4.78, 5) is 4.80. The molecule has 0 amide bonds. The Morgan fingerprint density at radius 1 is 1.11 bits per heavy atom. The molecule has 0 saturated carbocycles. The molecule has 0 unspecified atom stereocenters. The van der Waals surface area contributed by atoms with Gasteiger partial charge in [-0.3, -0.25) is 5.43 Å². The molecule has 1 aliphatic heterocycles. The summed E-state index contributed by atoms with van der Waals surface area (Å²) in [5, 5.41) is 11.7. The molecule has 0 atom stereocenters. The van der Waals surface area contributed by atoms with Gasteiger partial charge in [-0.05, 0) is 40.8 Å². The Morgan fingerprint density at radius 3 is 2.85 bits per heavy atom. The molecular weight excluding hydrogens is 387 g/mol. The number of thiophene rings is 1. The molecule has 5 N–H and O–H groups in total. The van der Waals surface area contributed by atoms with Crippen LogP contribution in [0.2, 0.25) is 5.02 Å². The third-order valence-electron chi connectivity index (χ3n) is 4.30. The maximum absolute atomic E-state index is 13.4. The highest BCUT2D eigenvalue weighted by Crippen LogP contribution is 2.35. The number of amidine groups is 1. The van der Waals surface area contributed by atoms with E-state index in [1.54, 1.807) is 29.0 Å². The van der Waals surface area contributed by atoms with Crippen molar-refractivity contribution >= 4 is 61.3 Å². The lowest BCUT2D eigenvalue weighted by atomic mass is 10.1. The van der Waals surface area contributed by atoms with Crippen molar-refractivity contribution in [3.63, 3.8) is 0 Å². The zero-order chi connectivity index (χ0) is 18.4. The fourth-order valence-corrected chi connectivity index (χ4v) is 4.14. The third-order valence-corrected chi connectivity index (χ3v) is 5.54. The smallest absolute Gasteiger partial charge is 0.209 e. The van der Waals surface area contributed by atoms with Crippen LogP contribution in [0.3, 0.4) is 0 Å². The van der Waals surface area contributed by atoms with Crippen LogP contribution in [-0.2, 0) is 0 Å². The van der Waals surface area contributed by atoms with E-state index in [9.17, 15) is 4.39 Å². The molecule has 3 heterocycles. The number of quaternary nitrogens is 1. The van der Waals surface area contributed by atoms with Crippen LogP contribution in [0.4, 0.5) is 15.9 Å². The van der Waals surface area contributed by atoms with Crippen molar-refractivity contribution in [1.82, 2.24) is 15.9 Å². The summed E-state index contributed by atoms with van der Waals surface area (Å²) < 4.78 is 14.6. The van der Waals surface area contributed by atoms with Crippen LogP contribution in [0.25, 0.3) is 21.0 Å². The highest BCUT2D eigenvalue weighted by atomic mass is 35.5. The minimum Gasteiger partial charge on any atom is -0.340 e. The maximum Gasteiger partial charge on any atom is 0.209 e. The largest absolute Gasteiger partial charge is 0.340 e. The SMILES string of the molecule is Fc1ccc(Nc2nc3cc(C4=N[NH2+]NN4)ccc3c3sccc23)cc1Cl. The number of benzene rings is 2. The Morgan fingerprint density at radius 2 is 2.04 bits per heavy atom. The molecule has 0 fully saturated rings. The fourth-order valence-electron chi connectivity index (χ4n) is 3.03. The van der Waals surface area contributed by atoms with Crippen molar-refractivity contribution in [2.75, 3.05) is 5.32 Å². The second kappa shape index (κ2) is 6.43. The average Bonchev–Trinajstić information content (AvgIpc) is 3.36. The molecule has 134 valence electrons. The van der Waals surface area contributed by atoms with Gasteiger partial charge in [0, 0.05) is 26.7 Å². The minimum absolute atomic E-state index is 0.0682. The number of halogens is 2. The molecule has 9 heteroatoms. The second-order valence-electron chi connectivity index (χ2n) is 5.99. The molecule has 0 radical (unpaired) electrons. The number of nitrogens with zero attached hydrogens (tertiary/aromatic N) is 2. The van der Waals surface area contributed by atoms with Gasteiger partial charge in [-0.25, -0.2) is 9.37 Å². The summed E-state index contributed by atoms with van der Waals surface area (Å²) in [6, 6.07) is 12.6. The third kappa shape index (κ3) is 2.88. The van der Waals surface area contributed by atoms with Crippen LogP contribution in [0, 0.1) is 5.82 Å². The van der Waals surface area contributed by atoms with E-state index in [1.807, 2.05) is 23.6 Å². The number of pyridine rings is 1. The van der Waals surface area contributed by atoms with Crippen molar-refractivity contribution in [2.45, 2.75) is 0 Å². The minimum atomic E-state index is -0.450. The van der Waals surface area contributed by atoms with Crippen LogP contribution in [-0.4, -0.2) is 10.8 Å². The van der Waals surface area contributed by atoms with Gasteiger partial charge >= 0.3 is 0 Å². The van der Waals surface area contributed by atoms with Gasteiger partial charge in [0.05, 0.1) is 10.5 Å². The molecule has 0 saturated heterocycles. The summed E-state index contributed by atoms with van der Waals surface area (Å²) in [6.07, 6.45) is 0. The normalized spacial score (nSPS) is 13.8. The number of hydrogen-bond donors (Lipinski definition) is 4. The van der Waals surface area contributed by atoms with Crippen LogP contribution in [0.15, 0.2) is 52.9 Å².